The lowest BCUT2D eigenvalue weighted by Gasteiger charge is -2.07. The summed E-state index contributed by atoms with van der Waals surface area (Å²) in [5.41, 5.74) is 8.37. The van der Waals surface area contributed by atoms with E-state index in [1.165, 1.54) is 5.56 Å². The number of nitrogens with one attached hydrogen (secondary N) is 2. The molecule has 27 heavy (non-hydrogen) atoms. The standard InChI is InChI=1S/C19H23N3O.CH3N.CH2O/c1-13(2)15-5-4-6-16(11-15)18(20)9-10-19(21)22-12-17-8-7-14(3)23-17;2*1-2/h4-11,13,20H,12H2,1-3H3,(H2,21,22);2H,1H2;1H2/b10-9-,20-18?;;. The molecule has 1 aromatic heterocycles. The van der Waals surface area contributed by atoms with Crippen LogP contribution in [-0.2, 0) is 11.3 Å². The van der Waals surface area contributed by atoms with Gasteiger partial charge in [0.1, 0.15) is 24.1 Å². The molecule has 1 heterocycles. The number of nitrogens with zero attached hydrogens (tertiary/aromatic N) is 1. The van der Waals surface area contributed by atoms with Gasteiger partial charge in [-0.05, 0) is 61.0 Å². The topological polar surface area (TPSA) is 116 Å². The van der Waals surface area contributed by atoms with E-state index in [2.05, 4.69) is 31.6 Å². The molecule has 0 saturated carbocycles. The smallest absolute Gasteiger partial charge is 0.125 e. The first-order valence-corrected chi connectivity index (χ1v) is 8.32. The molecule has 0 bridgehead atoms. The summed E-state index contributed by atoms with van der Waals surface area (Å²) < 4.78 is 5.44. The van der Waals surface area contributed by atoms with Gasteiger partial charge in [0, 0.05) is 0 Å². The lowest BCUT2D eigenvalue weighted by Crippen LogP contribution is -2.09. The zero-order valence-electron chi connectivity index (χ0n) is 16.2. The third kappa shape index (κ3) is 8.58. The van der Waals surface area contributed by atoms with Gasteiger partial charge in [-0.3, -0.25) is 4.99 Å². The van der Waals surface area contributed by atoms with Crippen molar-refractivity contribution in [2.45, 2.75) is 33.2 Å². The van der Waals surface area contributed by atoms with E-state index in [0.29, 0.717) is 24.0 Å². The maximum Gasteiger partial charge on any atom is 0.125 e. The molecule has 0 saturated heterocycles. The van der Waals surface area contributed by atoms with Gasteiger partial charge in [0.05, 0.1) is 12.3 Å². The van der Waals surface area contributed by atoms with Crippen LogP contribution in [0.3, 0.4) is 0 Å². The second-order valence-electron chi connectivity index (χ2n) is 5.78. The van der Waals surface area contributed by atoms with Crippen molar-refractivity contribution in [3.63, 3.8) is 0 Å². The van der Waals surface area contributed by atoms with Gasteiger partial charge in [-0.1, -0.05) is 32.0 Å². The number of hydrogen-bond acceptors (Lipinski definition) is 5. The molecule has 6 nitrogen and oxygen atoms in total. The average molecular weight is 368 g/mol. The highest BCUT2D eigenvalue weighted by Gasteiger charge is 2.03. The fraction of sp³-hybridized carbons (Fsp3) is 0.238. The summed E-state index contributed by atoms with van der Waals surface area (Å²) in [6.07, 6.45) is 3.33. The molecule has 0 fully saturated rings. The summed E-state index contributed by atoms with van der Waals surface area (Å²) in [6, 6.07) is 11.8. The summed E-state index contributed by atoms with van der Waals surface area (Å²) >= 11 is 0. The molecule has 6 heteroatoms. The highest BCUT2D eigenvalue weighted by molar-refractivity contribution is 6.09. The first-order valence-electron chi connectivity index (χ1n) is 8.32. The van der Waals surface area contributed by atoms with Crippen molar-refractivity contribution in [2.75, 3.05) is 0 Å². The van der Waals surface area contributed by atoms with Crippen LogP contribution in [0.15, 0.2) is 58.0 Å². The molecule has 4 N–H and O–H groups in total. The van der Waals surface area contributed by atoms with Gasteiger partial charge in [0.2, 0.25) is 0 Å². The quantitative estimate of drug-likeness (QED) is 0.522. The number of nitrogens with two attached hydrogens (primary N) is 1. The van der Waals surface area contributed by atoms with Gasteiger partial charge in [-0.15, -0.1) is 0 Å². The van der Waals surface area contributed by atoms with Gasteiger partial charge >= 0.3 is 0 Å². The lowest BCUT2D eigenvalue weighted by atomic mass is 9.99. The van der Waals surface area contributed by atoms with Gasteiger partial charge in [-0.2, -0.15) is 0 Å². The molecule has 0 aliphatic carbocycles. The molecule has 0 atom stereocenters. The van der Waals surface area contributed by atoms with Gasteiger partial charge in [0.15, 0.2) is 0 Å². The highest BCUT2D eigenvalue weighted by atomic mass is 16.3. The molecule has 0 aliphatic heterocycles. The van der Waals surface area contributed by atoms with E-state index in [-0.39, 0.29) is 0 Å². The van der Waals surface area contributed by atoms with E-state index >= 15 is 0 Å². The maximum absolute atomic E-state index is 8.14. The van der Waals surface area contributed by atoms with Crippen molar-refractivity contribution < 1.29 is 9.21 Å². The normalized spacial score (nSPS) is 10.7. The van der Waals surface area contributed by atoms with Gasteiger partial charge in [0.25, 0.3) is 0 Å². The van der Waals surface area contributed by atoms with Crippen LogP contribution in [0.4, 0.5) is 0 Å². The van der Waals surface area contributed by atoms with Crippen molar-refractivity contribution in [3.8, 4) is 0 Å². The minimum atomic E-state index is 0.379. The molecular formula is C21H28N4O2. The Bertz CT molecular complexity index is 774. The molecule has 144 valence electrons. The van der Waals surface area contributed by atoms with E-state index in [1.807, 2.05) is 44.0 Å². The molecular weight excluding hydrogens is 340 g/mol. The van der Waals surface area contributed by atoms with Gasteiger partial charge in [-0.25, -0.2) is 0 Å². The van der Waals surface area contributed by atoms with Crippen molar-refractivity contribution in [3.05, 3.63) is 71.2 Å². The Labute approximate surface area is 160 Å². The van der Waals surface area contributed by atoms with Crippen molar-refractivity contribution in [1.29, 1.82) is 10.8 Å². The predicted molar refractivity (Wildman–Crippen MR) is 112 cm³/mol. The Balaban J connectivity index is 0.00000158. The number of allylic oxidation sites excluding steroid dienone is 1. The molecule has 0 amide bonds. The van der Waals surface area contributed by atoms with Crippen LogP contribution in [-0.4, -0.2) is 25.1 Å². The number of carbonyl (C=O) groups is 1. The van der Waals surface area contributed by atoms with Crippen LogP contribution in [0.25, 0.3) is 0 Å². The van der Waals surface area contributed by atoms with Crippen molar-refractivity contribution in [1.82, 2.24) is 0 Å². The van der Waals surface area contributed by atoms with Crippen LogP contribution in [0.1, 0.15) is 42.4 Å². The Morgan fingerprint density at radius 3 is 2.44 bits per heavy atom. The maximum atomic E-state index is 8.14. The SMILES string of the molecule is C=N.C=O.Cc1ccc(CN=C(N)/C=C\C(=N)c2cccc(C(C)C)c2)o1. The third-order valence-electron chi connectivity index (χ3n) is 3.50. The van der Waals surface area contributed by atoms with E-state index in [1.54, 1.807) is 12.2 Å². The summed E-state index contributed by atoms with van der Waals surface area (Å²) in [6.45, 7) is 11.1. The predicted octanol–water partition coefficient (Wildman–Crippen LogP) is 4.27. The fourth-order valence-corrected chi connectivity index (χ4v) is 2.12. The fourth-order valence-electron chi connectivity index (χ4n) is 2.12. The third-order valence-corrected chi connectivity index (χ3v) is 3.50. The van der Waals surface area contributed by atoms with E-state index in [4.69, 9.17) is 25.8 Å². The number of hydrogen-bond donors (Lipinski definition) is 3. The highest BCUT2D eigenvalue weighted by Crippen LogP contribution is 2.16. The monoisotopic (exact) mass is 368 g/mol. The summed E-state index contributed by atoms with van der Waals surface area (Å²) in [4.78, 5) is 12.2. The Hall–Kier alpha value is -3.28. The Morgan fingerprint density at radius 2 is 1.89 bits per heavy atom. The number of aryl methyl sites for hydroxylation is 1. The summed E-state index contributed by atoms with van der Waals surface area (Å²) in [7, 11) is 0. The largest absolute Gasteiger partial charge is 0.464 e. The summed E-state index contributed by atoms with van der Waals surface area (Å²) in [5, 5.41) is 13.6. The molecule has 0 unspecified atom stereocenters. The number of aliphatic imine (C=N–C) groups is 1. The lowest BCUT2D eigenvalue weighted by molar-refractivity contribution is -0.0979. The minimum absolute atomic E-state index is 0.379. The number of benzene rings is 1. The molecule has 0 radical (unpaired) electrons. The first kappa shape index (κ1) is 23.7. The number of rotatable bonds is 6. The molecule has 0 spiro atoms. The zero-order chi connectivity index (χ0) is 20.8. The second kappa shape index (κ2) is 13.0. The second-order valence-corrected chi connectivity index (χ2v) is 5.78. The molecule has 2 rings (SSSR count). The minimum Gasteiger partial charge on any atom is -0.464 e. The van der Waals surface area contributed by atoms with Crippen LogP contribution in [0, 0.1) is 17.7 Å². The van der Waals surface area contributed by atoms with Crippen LogP contribution in [0.5, 0.6) is 0 Å². The Kier molecular flexibility index (Phi) is 11.4. The first-order chi connectivity index (χ1) is 13.0. The van der Waals surface area contributed by atoms with E-state index in [0.717, 1.165) is 17.1 Å². The van der Waals surface area contributed by atoms with E-state index in [9.17, 15) is 0 Å². The zero-order valence-corrected chi connectivity index (χ0v) is 16.2. The summed E-state index contributed by atoms with van der Waals surface area (Å²) in [5.74, 6) is 2.45. The number of amidine groups is 1. The molecule has 1 aromatic carbocycles. The average Bonchev–Trinajstić information content (AvgIpc) is 3.13. The van der Waals surface area contributed by atoms with Crippen molar-refractivity contribution in [2.24, 2.45) is 10.7 Å². The van der Waals surface area contributed by atoms with Crippen LogP contribution < -0.4 is 5.73 Å². The van der Waals surface area contributed by atoms with Crippen LogP contribution in [0.2, 0.25) is 0 Å². The number of furan rings is 1. The molecule has 2 aromatic rings. The van der Waals surface area contributed by atoms with Gasteiger partial charge < -0.3 is 25.8 Å². The molecule has 0 aliphatic rings. The van der Waals surface area contributed by atoms with Crippen LogP contribution >= 0.6 is 0 Å². The Morgan fingerprint density at radius 1 is 1.22 bits per heavy atom. The number of carbonyl (C=O) groups excluding carboxylic acids is 1. The van der Waals surface area contributed by atoms with E-state index < -0.39 is 0 Å². The van der Waals surface area contributed by atoms with Crippen molar-refractivity contribution >= 4 is 25.1 Å².